The Morgan fingerprint density at radius 3 is 2.64 bits per heavy atom. The first kappa shape index (κ1) is 9.99. The Bertz CT molecular complexity index is 372. The minimum Gasteiger partial charge on any atom is -0.506 e. The van der Waals surface area contributed by atoms with Crippen molar-refractivity contribution in [3.63, 3.8) is 0 Å². The Hall–Kier alpha value is -0.540. The van der Waals surface area contributed by atoms with E-state index in [1.165, 1.54) is 5.56 Å². The van der Waals surface area contributed by atoms with E-state index in [2.05, 4.69) is 34.2 Å². The number of halogens is 1. The molecule has 1 atom stereocenters. The predicted octanol–water partition coefficient (Wildman–Crippen LogP) is 2.81. The molecule has 2 nitrogen and oxygen atoms in total. The molecule has 0 spiro atoms. The number of nitrogens with one attached hydrogen (secondary N) is 1. The molecule has 1 aliphatic rings. The van der Waals surface area contributed by atoms with Crippen LogP contribution < -0.4 is 5.32 Å². The minimum absolute atomic E-state index is 0.339. The Morgan fingerprint density at radius 2 is 2.14 bits per heavy atom. The summed E-state index contributed by atoms with van der Waals surface area (Å²) >= 11 is 3.42. The van der Waals surface area contributed by atoms with Crippen LogP contribution in [0.5, 0.6) is 5.75 Å². The molecule has 0 aromatic heterocycles. The summed E-state index contributed by atoms with van der Waals surface area (Å²) in [5, 5.41) is 13.2. The van der Waals surface area contributed by atoms with E-state index < -0.39 is 0 Å². The molecule has 0 unspecified atom stereocenters. The van der Waals surface area contributed by atoms with Crippen LogP contribution in [-0.2, 0) is 0 Å². The van der Waals surface area contributed by atoms with Crippen molar-refractivity contribution < 1.29 is 5.11 Å². The second kappa shape index (κ2) is 3.55. The summed E-state index contributed by atoms with van der Waals surface area (Å²) in [6.45, 7) is 5.13. The van der Waals surface area contributed by atoms with E-state index in [1.807, 2.05) is 6.92 Å². The normalized spacial score (nSPS) is 20.6. The smallest absolute Gasteiger partial charge is 0.134 e. The quantitative estimate of drug-likeness (QED) is 0.809. The van der Waals surface area contributed by atoms with Gasteiger partial charge in [-0.3, -0.25) is 0 Å². The molecule has 1 aromatic rings. The van der Waals surface area contributed by atoms with Crippen LogP contribution >= 0.6 is 15.9 Å². The molecule has 0 radical (unpaired) electrons. The van der Waals surface area contributed by atoms with E-state index in [4.69, 9.17) is 0 Å². The lowest BCUT2D eigenvalue weighted by Gasteiger charge is -2.29. The molecule has 1 saturated heterocycles. The van der Waals surface area contributed by atoms with Gasteiger partial charge in [0.2, 0.25) is 0 Å². The van der Waals surface area contributed by atoms with Crippen LogP contribution in [0.2, 0.25) is 0 Å². The van der Waals surface area contributed by atoms with Crippen LogP contribution in [0, 0.1) is 13.8 Å². The third-order valence-electron chi connectivity index (χ3n) is 2.97. The molecule has 14 heavy (non-hydrogen) atoms. The molecule has 2 rings (SSSR count). The lowest BCUT2D eigenvalue weighted by molar-refractivity contribution is 0.363. The fourth-order valence-corrected chi connectivity index (χ4v) is 2.25. The summed E-state index contributed by atoms with van der Waals surface area (Å²) in [5.41, 5.74) is 3.36. The molecule has 0 saturated carbocycles. The molecular weight excluding hydrogens is 242 g/mol. The maximum absolute atomic E-state index is 9.95. The number of benzene rings is 1. The summed E-state index contributed by atoms with van der Waals surface area (Å²) in [5.74, 6) is 0.394. The van der Waals surface area contributed by atoms with Gasteiger partial charge in [-0.2, -0.15) is 0 Å². The zero-order chi connectivity index (χ0) is 10.3. The molecule has 3 heteroatoms. The number of hydrogen-bond donors (Lipinski definition) is 2. The monoisotopic (exact) mass is 255 g/mol. The highest BCUT2D eigenvalue weighted by Gasteiger charge is 2.23. The van der Waals surface area contributed by atoms with Crippen LogP contribution in [0.4, 0.5) is 0 Å². The van der Waals surface area contributed by atoms with Gasteiger partial charge in [-0.1, -0.05) is 6.07 Å². The van der Waals surface area contributed by atoms with Crippen LogP contribution in [0.1, 0.15) is 29.2 Å². The second-order valence-corrected chi connectivity index (χ2v) is 4.66. The number of hydrogen-bond acceptors (Lipinski definition) is 2. The number of phenolic OH excluding ortho intramolecular Hbond substituents is 1. The van der Waals surface area contributed by atoms with E-state index in [-0.39, 0.29) is 0 Å². The zero-order valence-corrected chi connectivity index (χ0v) is 9.98. The average Bonchev–Trinajstić information content (AvgIpc) is 2.08. The molecule has 76 valence electrons. The van der Waals surface area contributed by atoms with Crippen molar-refractivity contribution in [2.75, 3.05) is 6.54 Å². The van der Waals surface area contributed by atoms with Crippen molar-refractivity contribution in [1.29, 1.82) is 0 Å². The first-order valence-electron chi connectivity index (χ1n) is 4.83. The lowest BCUT2D eigenvalue weighted by Crippen LogP contribution is -2.35. The molecular formula is C11H14BrNO. The van der Waals surface area contributed by atoms with E-state index in [0.29, 0.717) is 11.8 Å². The Labute approximate surface area is 92.5 Å². The standard InChI is InChI=1S/C11H14BrNO/c1-6-5-8(9-3-4-13-9)11(14)10(12)7(6)2/h5,9,13-14H,3-4H2,1-2H3/t9-/m1/s1. The average molecular weight is 256 g/mol. The number of phenols is 1. The minimum atomic E-state index is 0.339. The van der Waals surface area contributed by atoms with E-state index in [0.717, 1.165) is 28.6 Å². The summed E-state index contributed by atoms with van der Waals surface area (Å²) in [4.78, 5) is 0. The molecule has 2 N–H and O–H groups in total. The van der Waals surface area contributed by atoms with Crippen LogP contribution in [-0.4, -0.2) is 11.7 Å². The molecule has 1 fully saturated rings. The van der Waals surface area contributed by atoms with Crippen molar-refractivity contribution >= 4 is 15.9 Å². The Morgan fingerprint density at radius 1 is 1.50 bits per heavy atom. The van der Waals surface area contributed by atoms with Crippen molar-refractivity contribution in [1.82, 2.24) is 5.32 Å². The summed E-state index contributed by atoms with van der Waals surface area (Å²) in [6.07, 6.45) is 1.11. The fourth-order valence-electron chi connectivity index (χ4n) is 1.71. The SMILES string of the molecule is Cc1cc([C@H]2CCN2)c(O)c(Br)c1C. The highest BCUT2D eigenvalue weighted by molar-refractivity contribution is 9.10. The van der Waals surface area contributed by atoms with Crippen molar-refractivity contribution in [2.24, 2.45) is 0 Å². The van der Waals surface area contributed by atoms with Crippen LogP contribution in [0.3, 0.4) is 0 Å². The topological polar surface area (TPSA) is 32.3 Å². The van der Waals surface area contributed by atoms with Gasteiger partial charge >= 0.3 is 0 Å². The first-order chi connectivity index (χ1) is 6.61. The first-order valence-corrected chi connectivity index (χ1v) is 5.62. The molecule has 0 amide bonds. The van der Waals surface area contributed by atoms with Crippen molar-refractivity contribution in [3.05, 3.63) is 27.2 Å². The molecule has 1 aliphatic heterocycles. The third-order valence-corrected chi connectivity index (χ3v) is 3.94. The molecule has 1 heterocycles. The lowest BCUT2D eigenvalue weighted by atomic mass is 9.94. The molecule has 0 aliphatic carbocycles. The van der Waals surface area contributed by atoms with E-state index >= 15 is 0 Å². The summed E-state index contributed by atoms with van der Waals surface area (Å²) in [7, 11) is 0. The number of rotatable bonds is 1. The number of aromatic hydroxyl groups is 1. The zero-order valence-electron chi connectivity index (χ0n) is 8.39. The predicted molar refractivity (Wildman–Crippen MR) is 60.6 cm³/mol. The van der Waals surface area contributed by atoms with Gasteiger partial charge in [0.05, 0.1) is 4.47 Å². The van der Waals surface area contributed by atoms with E-state index in [1.54, 1.807) is 0 Å². The van der Waals surface area contributed by atoms with Crippen LogP contribution in [0.15, 0.2) is 10.5 Å². The van der Waals surface area contributed by atoms with Crippen molar-refractivity contribution in [3.8, 4) is 5.75 Å². The highest BCUT2D eigenvalue weighted by Crippen LogP contribution is 2.38. The second-order valence-electron chi connectivity index (χ2n) is 3.87. The fraction of sp³-hybridized carbons (Fsp3) is 0.455. The maximum atomic E-state index is 9.95. The Balaban J connectivity index is 2.49. The van der Waals surface area contributed by atoms with Crippen LogP contribution in [0.25, 0.3) is 0 Å². The van der Waals surface area contributed by atoms with Gasteiger partial charge in [-0.15, -0.1) is 0 Å². The van der Waals surface area contributed by atoms with Gasteiger partial charge in [0.25, 0.3) is 0 Å². The van der Waals surface area contributed by atoms with Gasteiger partial charge in [-0.25, -0.2) is 0 Å². The van der Waals surface area contributed by atoms with Gasteiger partial charge < -0.3 is 10.4 Å². The van der Waals surface area contributed by atoms with Gasteiger partial charge in [-0.05, 0) is 53.9 Å². The summed E-state index contributed by atoms with van der Waals surface area (Å²) < 4.78 is 0.834. The molecule has 1 aromatic carbocycles. The van der Waals surface area contributed by atoms with Gasteiger partial charge in [0.15, 0.2) is 0 Å². The highest BCUT2D eigenvalue weighted by atomic mass is 79.9. The van der Waals surface area contributed by atoms with Crippen molar-refractivity contribution in [2.45, 2.75) is 26.3 Å². The van der Waals surface area contributed by atoms with Gasteiger partial charge in [0, 0.05) is 11.6 Å². The largest absolute Gasteiger partial charge is 0.506 e. The third kappa shape index (κ3) is 1.44. The number of aryl methyl sites for hydroxylation is 1. The van der Waals surface area contributed by atoms with E-state index in [9.17, 15) is 5.11 Å². The Kier molecular flexibility index (Phi) is 2.54. The van der Waals surface area contributed by atoms with Gasteiger partial charge in [0.1, 0.15) is 5.75 Å². The summed E-state index contributed by atoms with van der Waals surface area (Å²) in [6, 6.07) is 2.41. The molecule has 0 bridgehead atoms. The maximum Gasteiger partial charge on any atom is 0.134 e.